The molecule has 2 heterocycles. The molecule has 22 heavy (non-hydrogen) atoms. The molecule has 0 aromatic rings. The Kier molecular flexibility index (Phi) is 6.47. The van der Waals surface area contributed by atoms with Gasteiger partial charge in [0.1, 0.15) is 6.61 Å². The van der Waals surface area contributed by atoms with Crippen LogP contribution < -0.4 is 0 Å². The van der Waals surface area contributed by atoms with E-state index in [0.29, 0.717) is 25.6 Å². The second-order valence-corrected chi connectivity index (χ2v) is 6.45. The van der Waals surface area contributed by atoms with Crippen LogP contribution >= 0.6 is 0 Å². The molecular formula is C16H27N3O3. The number of likely N-dealkylation sites (tertiary alicyclic amines) is 1. The third kappa shape index (κ3) is 4.59. The summed E-state index contributed by atoms with van der Waals surface area (Å²) in [4.78, 5) is 16.2. The lowest BCUT2D eigenvalue weighted by Gasteiger charge is -2.37. The molecule has 124 valence electrons. The van der Waals surface area contributed by atoms with Crippen LogP contribution in [-0.2, 0) is 9.47 Å². The third-order valence-corrected chi connectivity index (χ3v) is 4.68. The molecule has 2 saturated heterocycles. The predicted molar refractivity (Wildman–Crippen MR) is 82.2 cm³/mol. The van der Waals surface area contributed by atoms with Gasteiger partial charge >= 0.3 is 6.09 Å². The number of amides is 1. The van der Waals surface area contributed by atoms with Crippen molar-refractivity contribution >= 4 is 6.09 Å². The largest absolute Gasteiger partial charge is 0.448 e. The molecule has 0 aromatic heterocycles. The molecule has 0 spiro atoms. The molecule has 2 atom stereocenters. The zero-order valence-corrected chi connectivity index (χ0v) is 13.7. The van der Waals surface area contributed by atoms with E-state index < -0.39 is 0 Å². The van der Waals surface area contributed by atoms with E-state index in [4.69, 9.17) is 9.47 Å². The van der Waals surface area contributed by atoms with E-state index in [9.17, 15) is 10.1 Å². The molecule has 2 aliphatic rings. The highest BCUT2D eigenvalue weighted by Gasteiger charge is 2.33. The first-order chi connectivity index (χ1) is 10.6. The van der Waals surface area contributed by atoms with Gasteiger partial charge in [-0.15, -0.1) is 0 Å². The number of nitrogens with zero attached hydrogens (tertiary/aromatic N) is 3. The van der Waals surface area contributed by atoms with Crippen molar-refractivity contribution in [3.8, 4) is 6.07 Å². The van der Waals surface area contributed by atoms with E-state index in [1.54, 1.807) is 4.90 Å². The van der Waals surface area contributed by atoms with Crippen LogP contribution in [0.25, 0.3) is 0 Å². The summed E-state index contributed by atoms with van der Waals surface area (Å²) in [5, 5.41) is 9.22. The van der Waals surface area contributed by atoms with Crippen molar-refractivity contribution in [1.29, 1.82) is 5.26 Å². The van der Waals surface area contributed by atoms with Crippen LogP contribution in [0.1, 0.15) is 20.3 Å². The number of carbonyl (C=O) groups is 1. The molecule has 0 saturated carbocycles. The van der Waals surface area contributed by atoms with Crippen molar-refractivity contribution in [1.82, 2.24) is 9.80 Å². The number of ether oxygens (including phenoxy) is 2. The van der Waals surface area contributed by atoms with Crippen molar-refractivity contribution < 1.29 is 14.3 Å². The Balaban J connectivity index is 1.74. The third-order valence-electron chi connectivity index (χ3n) is 4.68. The molecule has 2 rings (SSSR count). The van der Waals surface area contributed by atoms with Crippen LogP contribution in [0.5, 0.6) is 0 Å². The number of morpholine rings is 1. The van der Waals surface area contributed by atoms with Crippen molar-refractivity contribution in [3.05, 3.63) is 0 Å². The Bertz CT molecular complexity index is 402. The van der Waals surface area contributed by atoms with Gasteiger partial charge in [0.2, 0.25) is 0 Å². The molecule has 0 bridgehead atoms. The molecule has 2 aliphatic heterocycles. The quantitative estimate of drug-likeness (QED) is 0.788. The van der Waals surface area contributed by atoms with Crippen LogP contribution in [0.15, 0.2) is 0 Å². The number of hydrogen-bond donors (Lipinski definition) is 0. The van der Waals surface area contributed by atoms with Gasteiger partial charge in [-0.05, 0) is 18.3 Å². The molecule has 0 N–H and O–H groups in total. The van der Waals surface area contributed by atoms with E-state index in [1.165, 1.54) is 0 Å². The van der Waals surface area contributed by atoms with Gasteiger partial charge in [0, 0.05) is 32.7 Å². The Labute approximate surface area is 133 Å². The first kappa shape index (κ1) is 17.0. The summed E-state index contributed by atoms with van der Waals surface area (Å²) in [7, 11) is 0. The highest BCUT2D eigenvalue weighted by atomic mass is 16.6. The molecule has 0 radical (unpaired) electrons. The van der Waals surface area contributed by atoms with Gasteiger partial charge in [0.15, 0.2) is 0 Å². The van der Waals surface area contributed by atoms with E-state index in [2.05, 4.69) is 24.8 Å². The standard InChI is InChI=1S/C16H27N3O3/c1-13(2)15-12-19(4-3-14(15)11-17)16(20)22-10-7-18-5-8-21-9-6-18/h13-15H,3-10,12H2,1-2H3. The summed E-state index contributed by atoms with van der Waals surface area (Å²) in [5.41, 5.74) is 0. The van der Waals surface area contributed by atoms with Gasteiger partial charge in [-0.3, -0.25) is 4.90 Å². The van der Waals surface area contributed by atoms with Crippen molar-refractivity contribution in [2.75, 3.05) is 52.5 Å². The molecular weight excluding hydrogens is 282 g/mol. The van der Waals surface area contributed by atoms with Crippen LogP contribution in [0.2, 0.25) is 0 Å². The fourth-order valence-electron chi connectivity index (χ4n) is 3.16. The minimum absolute atomic E-state index is 0.0531. The lowest BCUT2D eigenvalue weighted by Crippen LogP contribution is -2.46. The zero-order chi connectivity index (χ0) is 15.9. The van der Waals surface area contributed by atoms with E-state index in [0.717, 1.165) is 39.3 Å². The van der Waals surface area contributed by atoms with Gasteiger partial charge < -0.3 is 14.4 Å². The molecule has 6 heteroatoms. The van der Waals surface area contributed by atoms with Crippen LogP contribution in [0, 0.1) is 29.1 Å². The molecule has 0 aliphatic carbocycles. The Morgan fingerprint density at radius 3 is 2.73 bits per heavy atom. The maximum atomic E-state index is 12.2. The zero-order valence-electron chi connectivity index (χ0n) is 13.7. The monoisotopic (exact) mass is 309 g/mol. The normalized spacial score (nSPS) is 26.7. The van der Waals surface area contributed by atoms with Crippen molar-refractivity contribution in [3.63, 3.8) is 0 Å². The summed E-state index contributed by atoms with van der Waals surface area (Å²) >= 11 is 0. The van der Waals surface area contributed by atoms with Gasteiger partial charge in [0.05, 0.1) is 25.2 Å². The summed E-state index contributed by atoms with van der Waals surface area (Å²) in [6, 6.07) is 2.38. The topological polar surface area (TPSA) is 65.8 Å². The smallest absolute Gasteiger partial charge is 0.409 e. The second kappa shape index (κ2) is 8.35. The van der Waals surface area contributed by atoms with E-state index in [1.807, 2.05) is 0 Å². The number of nitriles is 1. The Morgan fingerprint density at radius 2 is 2.09 bits per heavy atom. The summed E-state index contributed by atoms with van der Waals surface area (Å²) < 4.78 is 10.7. The number of rotatable bonds is 4. The maximum Gasteiger partial charge on any atom is 0.409 e. The van der Waals surface area contributed by atoms with E-state index in [-0.39, 0.29) is 17.9 Å². The lowest BCUT2D eigenvalue weighted by atomic mass is 9.79. The van der Waals surface area contributed by atoms with Crippen LogP contribution in [-0.4, -0.2) is 68.4 Å². The first-order valence-corrected chi connectivity index (χ1v) is 8.23. The van der Waals surface area contributed by atoms with Crippen LogP contribution in [0.4, 0.5) is 4.79 Å². The average Bonchev–Trinajstić information content (AvgIpc) is 2.55. The molecule has 6 nitrogen and oxygen atoms in total. The summed E-state index contributed by atoms with van der Waals surface area (Å²) in [5.74, 6) is 0.691. The SMILES string of the molecule is CC(C)C1CN(C(=O)OCCN2CCOCC2)CCC1C#N. The first-order valence-electron chi connectivity index (χ1n) is 8.23. The number of hydrogen-bond acceptors (Lipinski definition) is 5. The van der Waals surface area contributed by atoms with Gasteiger partial charge in [-0.2, -0.15) is 5.26 Å². The van der Waals surface area contributed by atoms with Gasteiger partial charge in [-0.1, -0.05) is 13.8 Å². The second-order valence-electron chi connectivity index (χ2n) is 6.45. The summed E-state index contributed by atoms with van der Waals surface area (Å²) in [6.45, 7) is 9.98. The molecule has 2 fully saturated rings. The fraction of sp³-hybridized carbons (Fsp3) is 0.875. The maximum absolute atomic E-state index is 12.2. The Morgan fingerprint density at radius 1 is 1.36 bits per heavy atom. The molecule has 0 aromatic carbocycles. The number of carbonyl (C=O) groups excluding carboxylic acids is 1. The van der Waals surface area contributed by atoms with Gasteiger partial charge in [-0.25, -0.2) is 4.79 Å². The minimum atomic E-state index is -0.240. The summed E-state index contributed by atoms with van der Waals surface area (Å²) in [6.07, 6.45) is 0.507. The minimum Gasteiger partial charge on any atom is -0.448 e. The van der Waals surface area contributed by atoms with Crippen LogP contribution in [0.3, 0.4) is 0 Å². The lowest BCUT2D eigenvalue weighted by molar-refractivity contribution is 0.0212. The Hall–Kier alpha value is -1.32. The number of piperidine rings is 1. The molecule has 1 amide bonds. The molecule has 2 unspecified atom stereocenters. The highest BCUT2D eigenvalue weighted by Crippen LogP contribution is 2.29. The van der Waals surface area contributed by atoms with Crippen molar-refractivity contribution in [2.24, 2.45) is 17.8 Å². The highest BCUT2D eigenvalue weighted by molar-refractivity contribution is 5.67. The average molecular weight is 309 g/mol. The van der Waals surface area contributed by atoms with E-state index >= 15 is 0 Å². The van der Waals surface area contributed by atoms with Gasteiger partial charge in [0.25, 0.3) is 0 Å². The fourth-order valence-corrected chi connectivity index (χ4v) is 3.16. The predicted octanol–water partition coefficient (Wildman–Crippen LogP) is 1.57. The van der Waals surface area contributed by atoms with Crippen molar-refractivity contribution in [2.45, 2.75) is 20.3 Å².